The highest BCUT2D eigenvalue weighted by atomic mass is 35.5. The van der Waals surface area contributed by atoms with Crippen LogP contribution in [0.4, 0.5) is 0 Å². The molecular formula is C17H21ClN4O2. The molecule has 128 valence electrons. The van der Waals surface area contributed by atoms with E-state index in [-0.39, 0.29) is 24.4 Å². The molecule has 7 heteroatoms. The van der Waals surface area contributed by atoms with E-state index >= 15 is 0 Å². The van der Waals surface area contributed by atoms with E-state index in [1.165, 1.54) is 0 Å². The predicted molar refractivity (Wildman–Crippen MR) is 92.3 cm³/mol. The Morgan fingerprint density at radius 1 is 1.21 bits per heavy atom. The summed E-state index contributed by atoms with van der Waals surface area (Å²) in [6, 6.07) is 7.55. The first-order chi connectivity index (χ1) is 11.3. The second-order valence-corrected chi connectivity index (χ2v) is 6.33. The lowest BCUT2D eigenvalue weighted by molar-refractivity contribution is 0.0930. The first kappa shape index (κ1) is 16.9. The second kappa shape index (κ2) is 7.32. The Hall–Kier alpha value is -1.92. The topological polar surface area (TPSA) is 80.0 Å². The molecule has 4 rings (SSSR count). The van der Waals surface area contributed by atoms with Gasteiger partial charge in [-0.05, 0) is 56.5 Å². The number of piperidine rings is 1. The van der Waals surface area contributed by atoms with Crippen molar-refractivity contribution >= 4 is 18.3 Å². The number of halogens is 1. The zero-order valence-corrected chi connectivity index (χ0v) is 14.1. The number of carbonyl (C=O) groups is 1. The van der Waals surface area contributed by atoms with Crippen LogP contribution in [0, 0.1) is 0 Å². The van der Waals surface area contributed by atoms with Gasteiger partial charge in [0, 0.05) is 29.6 Å². The van der Waals surface area contributed by atoms with E-state index in [9.17, 15) is 4.79 Å². The molecule has 0 spiro atoms. The van der Waals surface area contributed by atoms with Crippen molar-refractivity contribution in [3.8, 4) is 11.5 Å². The summed E-state index contributed by atoms with van der Waals surface area (Å²) in [5, 5.41) is 10.4. The molecule has 1 aliphatic heterocycles. The summed E-state index contributed by atoms with van der Waals surface area (Å²) in [6.45, 7) is 1.88. The standard InChI is InChI=1S/C17H20N4O2.ClH/c22-16(19-14-2-1-9-18-10-14)12-5-7-13(8-6-12)17-20-15(21-23-17)11-3-4-11;/h5-8,11,14,18H,1-4,9-10H2,(H,19,22);1H/t14-;/m0./s1. The summed E-state index contributed by atoms with van der Waals surface area (Å²) in [7, 11) is 0. The monoisotopic (exact) mass is 348 g/mol. The van der Waals surface area contributed by atoms with Crippen molar-refractivity contribution in [1.82, 2.24) is 20.8 Å². The molecule has 1 saturated heterocycles. The van der Waals surface area contributed by atoms with Crippen LogP contribution in [0.1, 0.15) is 47.8 Å². The molecule has 0 bridgehead atoms. The van der Waals surface area contributed by atoms with Crippen LogP contribution in [0.3, 0.4) is 0 Å². The van der Waals surface area contributed by atoms with Crippen LogP contribution in [0.2, 0.25) is 0 Å². The zero-order chi connectivity index (χ0) is 15.6. The van der Waals surface area contributed by atoms with Crippen molar-refractivity contribution in [1.29, 1.82) is 0 Å². The first-order valence-corrected chi connectivity index (χ1v) is 8.25. The minimum atomic E-state index is -0.0329. The summed E-state index contributed by atoms with van der Waals surface area (Å²) in [6.07, 6.45) is 4.43. The third-order valence-electron chi connectivity index (χ3n) is 4.41. The lowest BCUT2D eigenvalue weighted by Gasteiger charge is -2.23. The van der Waals surface area contributed by atoms with Gasteiger partial charge in [-0.25, -0.2) is 0 Å². The van der Waals surface area contributed by atoms with Crippen LogP contribution in [0.5, 0.6) is 0 Å². The minimum Gasteiger partial charge on any atom is -0.348 e. The van der Waals surface area contributed by atoms with Gasteiger partial charge in [0.05, 0.1) is 0 Å². The Kier molecular flexibility index (Phi) is 5.16. The highest BCUT2D eigenvalue weighted by molar-refractivity contribution is 5.94. The zero-order valence-electron chi connectivity index (χ0n) is 13.3. The van der Waals surface area contributed by atoms with Crippen molar-refractivity contribution < 1.29 is 9.32 Å². The van der Waals surface area contributed by atoms with Crippen LogP contribution in [-0.4, -0.2) is 35.2 Å². The fourth-order valence-electron chi connectivity index (χ4n) is 2.87. The van der Waals surface area contributed by atoms with Crippen molar-refractivity contribution in [3.63, 3.8) is 0 Å². The van der Waals surface area contributed by atoms with Gasteiger partial charge in [0.25, 0.3) is 11.8 Å². The van der Waals surface area contributed by atoms with Crippen LogP contribution in [-0.2, 0) is 0 Å². The van der Waals surface area contributed by atoms with Crippen molar-refractivity contribution in [2.24, 2.45) is 0 Å². The fraction of sp³-hybridized carbons (Fsp3) is 0.471. The molecule has 1 saturated carbocycles. The summed E-state index contributed by atoms with van der Waals surface area (Å²) >= 11 is 0. The summed E-state index contributed by atoms with van der Waals surface area (Å²) in [4.78, 5) is 16.7. The van der Waals surface area contributed by atoms with Gasteiger partial charge in [-0.15, -0.1) is 12.4 Å². The van der Waals surface area contributed by atoms with Crippen LogP contribution in [0.15, 0.2) is 28.8 Å². The van der Waals surface area contributed by atoms with Gasteiger partial charge in [-0.3, -0.25) is 4.79 Å². The molecule has 1 aromatic carbocycles. The fourth-order valence-corrected chi connectivity index (χ4v) is 2.87. The van der Waals surface area contributed by atoms with Crippen LogP contribution in [0.25, 0.3) is 11.5 Å². The average Bonchev–Trinajstić information content (AvgIpc) is 3.33. The smallest absolute Gasteiger partial charge is 0.257 e. The molecule has 1 atom stereocenters. The van der Waals surface area contributed by atoms with Gasteiger partial charge in [-0.1, -0.05) is 5.16 Å². The average molecular weight is 349 g/mol. The number of carbonyl (C=O) groups excluding carboxylic acids is 1. The van der Waals surface area contributed by atoms with E-state index in [4.69, 9.17) is 4.52 Å². The van der Waals surface area contributed by atoms with Gasteiger partial charge < -0.3 is 15.2 Å². The minimum absolute atomic E-state index is 0. The number of nitrogens with one attached hydrogen (secondary N) is 2. The second-order valence-electron chi connectivity index (χ2n) is 6.33. The number of nitrogens with zero attached hydrogens (tertiary/aromatic N) is 2. The molecule has 1 aliphatic carbocycles. The number of hydrogen-bond donors (Lipinski definition) is 2. The third kappa shape index (κ3) is 3.76. The van der Waals surface area contributed by atoms with E-state index in [2.05, 4.69) is 20.8 Å². The lowest BCUT2D eigenvalue weighted by Crippen LogP contribution is -2.45. The quantitative estimate of drug-likeness (QED) is 0.887. The molecule has 2 aromatic rings. The Labute approximate surface area is 146 Å². The van der Waals surface area contributed by atoms with E-state index in [0.29, 0.717) is 17.4 Å². The molecular weight excluding hydrogens is 328 g/mol. The van der Waals surface area contributed by atoms with Crippen molar-refractivity contribution in [2.75, 3.05) is 13.1 Å². The molecule has 2 N–H and O–H groups in total. The van der Waals surface area contributed by atoms with Gasteiger partial charge in [0.1, 0.15) is 0 Å². The largest absolute Gasteiger partial charge is 0.348 e. The highest BCUT2D eigenvalue weighted by Crippen LogP contribution is 2.38. The van der Waals surface area contributed by atoms with Crippen LogP contribution >= 0.6 is 12.4 Å². The van der Waals surface area contributed by atoms with E-state index < -0.39 is 0 Å². The molecule has 2 aliphatic rings. The molecule has 6 nitrogen and oxygen atoms in total. The Balaban J connectivity index is 0.00000169. The molecule has 0 radical (unpaired) electrons. The van der Waals surface area contributed by atoms with E-state index in [0.717, 1.165) is 50.2 Å². The Morgan fingerprint density at radius 3 is 2.67 bits per heavy atom. The predicted octanol–water partition coefficient (Wildman–Crippen LogP) is 2.52. The maximum absolute atomic E-state index is 12.3. The number of hydrogen-bond acceptors (Lipinski definition) is 5. The Bertz CT molecular complexity index is 691. The van der Waals surface area contributed by atoms with Gasteiger partial charge >= 0.3 is 0 Å². The van der Waals surface area contributed by atoms with Gasteiger partial charge in [0.15, 0.2) is 5.82 Å². The molecule has 2 heterocycles. The molecule has 1 amide bonds. The third-order valence-corrected chi connectivity index (χ3v) is 4.41. The number of aromatic nitrogens is 2. The SMILES string of the molecule is Cl.O=C(N[C@H]1CCCNC1)c1ccc(-c2nc(C3CC3)no2)cc1. The molecule has 24 heavy (non-hydrogen) atoms. The maximum Gasteiger partial charge on any atom is 0.257 e. The highest BCUT2D eigenvalue weighted by Gasteiger charge is 2.29. The van der Waals surface area contributed by atoms with E-state index in [1.54, 1.807) is 0 Å². The maximum atomic E-state index is 12.3. The number of benzene rings is 1. The molecule has 1 aromatic heterocycles. The van der Waals surface area contributed by atoms with Gasteiger partial charge in [0.2, 0.25) is 0 Å². The van der Waals surface area contributed by atoms with Crippen molar-refractivity contribution in [2.45, 2.75) is 37.6 Å². The van der Waals surface area contributed by atoms with Gasteiger partial charge in [-0.2, -0.15) is 4.98 Å². The lowest BCUT2D eigenvalue weighted by atomic mass is 10.1. The summed E-state index contributed by atoms with van der Waals surface area (Å²) in [5.41, 5.74) is 1.50. The summed E-state index contributed by atoms with van der Waals surface area (Å²) in [5.74, 6) is 1.76. The summed E-state index contributed by atoms with van der Waals surface area (Å²) < 4.78 is 5.30. The normalized spacial score (nSPS) is 20.2. The first-order valence-electron chi connectivity index (χ1n) is 8.25. The van der Waals surface area contributed by atoms with E-state index in [1.807, 2.05) is 24.3 Å². The van der Waals surface area contributed by atoms with Crippen molar-refractivity contribution in [3.05, 3.63) is 35.7 Å². The number of amides is 1. The molecule has 2 fully saturated rings. The Morgan fingerprint density at radius 2 is 2.00 bits per heavy atom. The number of rotatable bonds is 4. The molecule has 0 unspecified atom stereocenters. The van der Waals surface area contributed by atoms with Crippen LogP contribution < -0.4 is 10.6 Å².